The van der Waals surface area contributed by atoms with Crippen LogP contribution in [0.1, 0.15) is 77.6 Å². The number of hydrogen-bond acceptors (Lipinski definition) is 6. The highest BCUT2D eigenvalue weighted by Crippen LogP contribution is 2.26. The number of carboxylic acid groups (broad SMARTS) is 1. The molecule has 0 aliphatic carbocycles. The van der Waals surface area contributed by atoms with Gasteiger partial charge in [0.25, 0.3) is 0 Å². The van der Waals surface area contributed by atoms with Gasteiger partial charge in [-0.2, -0.15) is 8.42 Å². The van der Waals surface area contributed by atoms with Crippen molar-refractivity contribution in [2.24, 2.45) is 0 Å². The molecule has 0 aromatic carbocycles. The van der Waals surface area contributed by atoms with Crippen LogP contribution in [0.2, 0.25) is 0 Å². The average molecular weight is 409 g/mol. The topological polar surface area (TPSA) is 130 Å². The second-order valence-corrected chi connectivity index (χ2v) is 7.99. The Bertz CT molecular complexity index is 572. The highest BCUT2D eigenvalue weighted by molar-refractivity contribution is 7.80. The lowest BCUT2D eigenvalue weighted by atomic mass is 9.98. The first-order valence-electron chi connectivity index (χ1n) is 9.70. The van der Waals surface area contributed by atoms with Crippen molar-refractivity contribution in [3.05, 3.63) is 11.8 Å². The Kier molecular flexibility index (Phi) is 10.9. The molecule has 0 bridgehead atoms. The van der Waals surface area contributed by atoms with Gasteiger partial charge in [-0.15, -0.1) is 0 Å². The summed E-state index contributed by atoms with van der Waals surface area (Å²) in [7, 11) is -4.80. The van der Waals surface area contributed by atoms with Crippen LogP contribution in [0.25, 0.3) is 0 Å². The Morgan fingerprint density at radius 1 is 1.07 bits per heavy atom. The molecule has 0 saturated heterocycles. The highest BCUT2D eigenvalue weighted by atomic mass is 32.3. The van der Waals surface area contributed by atoms with Crippen LogP contribution in [0.15, 0.2) is 11.8 Å². The number of carbonyl (C=O) groups is 1. The quantitative estimate of drug-likeness (QED) is 0.295. The van der Waals surface area contributed by atoms with Crippen molar-refractivity contribution < 1.29 is 36.9 Å². The van der Waals surface area contributed by atoms with Crippen molar-refractivity contribution in [1.82, 2.24) is 0 Å². The van der Waals surface area contributed by atoms with E-state index in [1.54, 1.807) is 0 Å². The number of aliphatic carboxylic acids is 1. The minimum absolute atomic E-state index is 0.318. The largest absolute Gasteiger partial charge is 0.480 e. The molecular formula is C18H32O8S. The normalized spacial score (nSPS) is 22.9. The SMILES string of the molecule is CCCCCCCCCCCC[C@@H]1OC(C(=O)O)=C[C@@H](O)C1OS(=O)(=O)O. The summed E-state index contributed by atoms with van der Waals surface area (Å²) < 4.78 is 40.6. The van der Waals surface area contributed by atoms with E-state index in [1.165, 1.54) is 38.5 Å². The third-order valence-corrected chi connectivity index (χ3v) is 5.05. The molecule has 1 unspecified atom stereocenters. The van der Waals surface area contributed by atoms with Crippen molar-refractivity contribution in [1.29, 1.82) is 0 Å². The third kappa shape index (κ3) is 10.1. The van der Waals surface area contributed by atoms with E-state index in [1.807, 2.05) is 0 Å². The number of rotatable bonds is 14. The van der Waals surface area contributed by atoms with E-state index in [4.69, 9.17) is 14.4 Å². The zero-order valence-corrected chi connectivity index (χ0v) is 16.7. The van der Waals surface area contributed by atoms with Gasteiger partial charge in [-0.05, 0) is 18.9 Å². The molecule has 9 heteroatoms. The third-order valence-electron chi connectivity index (χ3n) is 4.59. The number of ether oxygens (including phenoxy) is 1. The predicted octanol–water partition coefficient (Wildman–Crippen LogP) is 3.21. The van der Waals surface area contributed by atoms with Gasteiger partial charge in [-0.3, -0.25) is 4.55 Å². The van der Waals surface area contributed by atoms with E-state index in [9.17, 15) is 18.3 Å². The van der Waals surface area contributed by atoms with Crippen LogP contribution in [0.3, 0.4) is 0 Å². The van der Waals surface area contributed by atoms with Crippen LogP contribution < -0.4 is 0 Å². The highest BCUT2D eigenvalue weighted by Gasteiger charge is 2.39. The van der Waals surface area contributed by atoms with Crippen molar-refractivity contribution in [2.45, 2.75) is 95.9 Å². The predicted molar refractivity (Wildman–Crippen MR) is 99.5 cm³/mol. The van der Waals surface area contributed by atoms with Gasteiger partial charge in [0, 0.05) is 0 Å². The summed E-state index contributed by atoms with van der Waals surface area (Å²) >= 11 is 0. The fraction of sp³-hybridized carbons (Fsp3) is 0.833. The van der Waals surface area contributed by atoms with E-state index in [-0.39, 0.29) is 0 Å². The summed E-state index contributed by atoms with van der Waals surface area (Å²) in [6.07, 6.45) is 8.53. The van der Waals surface area contributed by atoms with Crippen LogP contribution in [0.5, 0.6) is 0 Å². The first kappa shape index (κ1) is 23.9. The molecule has 0 saturated carbocycles. The lowest BCUT2D eigenvalue weighted by molar-refractivity contribution is -0.142. The molecule has 3 N–H and O–H groups in total. The van der Waals surface area contributed by atoms with Crippen LogP contribution in [-0.2, 0) is 24.1 Å². The summed E-state index contributed by atoms with van der Waals surface area (Å²) in [6.45, 7) is 2.19. The molecule has 8 nitrogen and oxygen atoms in total. The zero-order valence-electron chi connectivity index (χ0n) is 15.9. The Morgan fingerprint density at radius 3 is 2.07 bits per heavy atom. The van der Waals surface area contributed by atoms with E-state index < -0.39 is 40.4 Å². The first-order chi connectivity index (χ1) is 12.7. The number of aliphatic hydroxyl groups excluding tert-OH is 1. The summed E-state index contributed by atoms with van der Waals surface area (Å²) in [5.74, 6) is -1.80. The lowest BCUT2D eigenvalue weighted by Crippen LogP contribution is -2.45. The monoisotopic (exact) mass is 408 g/mol. The van der Waals surface area contributed by atoms with Gasteiger partial charge in [0.15, 0.2) is 0 Å². The Labute approximate surface area is 161 Å². The van der Waals surface area contributed by atoms with Crippen molar-refractivity contribution in [3.8, 4) is 0 Å². The summed E-state index contributed by atoms with van der Waals surface area (Å²) in [6, 6.07) is 0. The van der Waals surface area contributed by atoms with E-state index in [2.05, 4.69) is 11.1 Å². The minimum atomic E-state index is -4.80. The zero-order chi connectivity index (χ0) is 20.3. The molecule has 0 aromatic rings. The van der Waals surface area contributed by atoms with Crippen molar-refractivity contribution in [2.75, 3.05) is 0 Å². The molecule has 158 valence electrons. The fourth-order valence-corrected chi connectivity index (χ4v) is 3.70. The van der Waals surface area contributed by atoms with Gasteiger partial charge in [0.05, 0.1) is 0 Å². The number of carboxylic acids is 1. The molecule has 3 atom stereocenters. The molecule has 0 amide bonds. The van der Waals surface area contributed by atoms with Crippen LogP contribution >= 0.6 is 0 Å². The number of unbranched alkanes of at least 4 members (excludes halogenated alkanes) is 9. The standard InChI is InChI=1S/C18H32O8S/c1-2-3-4-5-6-7-8-9-10-11-12-15-17(26-27(22,23)24)14(19)13-16(25-15)18(20)21/h13-15,17,19H,2-12H2,1H3,(H,20,21)(H,22,23,24)/t14-,15+,17?/m1/s1. The number of hydrogen-bond donors (Lipinski definition) is 3. The van der Waals surface area contributed by atoms with Gasteiger partial charge in [0.2, 0.25) is 5.76 Å². The summed E-state index contributed by atoms with van der Waals surface area (Å²) in [5, 5.41) is 19.0. The van der Waals surface area contributed by atoms with Gasteiger partial charge in [-0.25, -0.2) is 8.98 Å². The lowest BCUT2D eigenvalue weighted by Gasteiger charge is -2.32. The summed E-state index contributed by atoms with van der Waals surface area (Å²) in [5.41, 5.74) is 0. The van der Waals surface area contributed by atoms with E-state index >= 15 is 0 Å². The molecule has 0 spiro atoms. The summed E-state index contributed by atoms with van der Waals surface area (Å²) in [4.78, 5) is 11.1. The van der Waals surface area contributed by atoms with Gasteiger partial charge in [-0.1, -0.05) is 64.7 Å². The first-order valence-corrected chi connectivity index (χ1v) is 11.1. The molecule has 1 aliphatic rings. The van der Waals surface area contributed by atoms with Crippen LogP contribution in [0.4, 0.5) is 0 Å². The molecule has 0 aromatic heterocycles. The van der Waals surface area contributed by atoms with Gasteiger partial charge in [0.1, 0.15) is 18.3 Å². The van der Waals surface area contributed by atoms with Crippen LogP contribution in [0, 0.1) is 0 Å². The fourth-order valence-electron chi connectivity index (χ4n) is 3.18. The molecule has 1 aliphatic heterocycles. The molecule has 1 rings (SSSR count). The maximum Gasteiger partial charge on any atom is 0.397 e. The molecule has 27 heavy (non-hydrogen) atoms. The van der Waals surface area contributed by atoms with E-state index in [0.29, 0.717) is 12.8 Å². The van der Waals surface area contributed by atoms with E-state index in [0.717, 1.165) is 25.3 Å². The second kappa shape index (κ2) is 12.3. The molecule has 0 fully saturated rings. The maximum atomic E-state index is 11.1. The minimum Gasteiger partial charge on any atom is -0.480 e. The van der Waals surface area contributed by atoms with Crippen molar-refractivity contribution in [3.63, 3.8) is 0 Å². The Balaban J connectivity index is 2.38. The Morgan fingerprint density at radius 2 is 1.59 bits per heavy atom. The number of aliphatic hydroxyl groups is 1. The van der Waals surface area contributed by atoms with Gasteiger partial charge < -0.3 is 14.9 Å². The maximum absolute atomic E-state index is 11.1. The Hall–Kier alpha value is -1.16. The second-order valence-electron chi connectivity index (χ2n) is 6.94. The molecule has 1 heterocycles. The van der Waals surface area contributed by atoms with Crippen LogP contribution in [-0.4, -0.2) is 47.5 Å². The smallest absolute Gasteiger partial charge is 0.397 e. The molecular weight excluding hydrogens is 376 g/mol. The molecule has 0 radical (unpaired) electrons. The van der Waals surface area contributed by atoms with Gasteiger partial charge >= 0.3 is 16.4 Å². The average Bonchev–Trinajstić information content (AvgIpc) is 2.57. The van der Waals surface area contributed by atoms with Crippen molar-refractivity contribution >= 4 is 16.4 Å².